The van der Waals surface area contributed by atoms with E-state index in [2.05, 4.69) is 39.8 Å². The van der Waals surface area contributed by atoms with Gasteiger partial charge in [0.05, 0.1) is 0 Å². The van der Waals surface area contributed by atoms with Crippen LogP contribution in [0.1, 0.15) is 43.4 Å². The van der Waals surface area contributed by atoms with Gasteiger partial charge in [-0.25, -0.2) is 0 Å². The van der Waals surface area contributed by atoms with Gasteiger partial charge in [0, 0.05) is 0 Å². The summed E-state index contributed by atoms with van der Waals surface area (Å²) in [7, 11) is 0. The van der Waals surface area contributed by atoms with Crippen LogP contribution in [-0.4, -0.2) is 23.1 Å². The Labute approximate surface area is 95.2 Å². The maximum absolute atomic E-state index is 2.36. The summed E-state index contributed by atoms with van der Waals surface area (Å²) < 4.78 is 0. The van der Waals surface area contributed by atoms with Gasteiger partial charge >= 0.3 is 23.1 Å². The van der Waals surface area contributed by atoms with Gasteiger partial charge in [-0.3, -0.25) is 0 Å². The molecule has 1 heteroatoms. The van der Waals surface area contributed by atoms with Gasteiger partial charge in [0.15, 0.2) is 0 Å². The van der Waals surface area contributed by atoms with E-state index < -0.39 is 0 Å². The van der Waals surface area contributed by atoms with Crippen molar-refractivity contribution in [1.29, 1.82) is 0 Å². The zero-order chi connectivity index (χ0) is 8.48. The molecule has 0 aromatic carbocycles. The number of hydrogen-bond acceptors (Lipinski definition) is 0. The molecule has 0 aromatic heterocycles. The Hall–Kier alpha value is 0.246. The molecule has 0 nitrogen and oxygen atoms in total. The Morgan fingerprint density at radius 2 is 2.08 bits per heavy atom. The predicted molar refractivity (Wildman–Crippen MR) is 58.5 cm³/mol. The maximum atomic E-state index is 2.36. The van der Waals surface area contributed by atoms with E-state index in [1.54, 1.807) is 0 Å². The summed E-state index contributed by atoms with van der Waals surface area (Å²) in [5.41, 5.74) is 3.41. The summed E-state index contributed by atoms with van der Waals surface area (Å²) in [5, 5.41) is 0. The Morgan fingerprint density at radius 3 is 2.42 bits per heavy atom. The van der Waals surface area contributed by atoms with Gasteiger partial charge in [-0.2, -0.15) is 0 Å². The van der Waals surface area contributed by atoms with Gasteiger partial charge in [0.25, 0.3) is 0 Å². The minimum atomic E-state index is 0. The largest absolute Gasteiger partial charge is 2.00 e. The van der Waals surface area contributed by atoms with E-state index >= 15 is 0 Å². The van der Waals surface area contributed by atoms with E-state index in [0.29, 0.717) is 5.41 Å². The Balaban J connectivity index is -0.000000403. The first-order valence-corrected chi connectivity index (χ1v) is 4.44. The fraction of sp³-hybridized carbons (Fsp3) is 0.636. The van der Waals surface area contributed by atoms with E-state index in [9.17, 15) is 0 Å². The Bertz CT molecular complexity index is 217. The first kappa shape index (κ1) is 12.2. The second-order valence-electron chi connectivity index (χ2n) is 4.09. The summed E-state index contributed by atoms with van der Waals surface area (Å²) in [6.45, 7) is 9.08. The fourth-order valence-electron chi connectivity index (χ4n) is 1.33. The third kappa shape index (κ3) is 2.63. The molecular weight excluding hydrogens is 156 g/mol. The molecule has 0 saturated carbocycles. The van der Waals surface area contributed by atoms with Crippen molar-refractivity contribution in [2.75, 3.05) is 0 Å². The van der Waals surface area contributed by atoms with E-state index in [4.69, 9.17) is 0 Å². The quantitative estimate of drug-likeness (QED) is 0.565. The van der Waals surface area contributed by atoms with Gasteiger partial charge in [0.1, 0.15) is 0 Å². The minimum Gasteiger partial charge on any atom is -1.00 e. The molecule has 0 aliphatic heterocycles. The fourth-order valence-corrected chi connectivity index (χ4v) is 1.33. The number of allylic oxidation sites excluding steroid dienone is 4. The molecule has 66 valence electrons. The van der Waals surface area contributed by atoms with Gasteiger partial charge < -0.3 is 2.85 Å². The summed E-state index contributed by atoms with van der Waals surface area (Å²) in [5.74, 6) is 0. The third-order valence-electron chi connectivity index (χ3n) is 2.71. The molecule has 0 fully saturated rings. The zero-order valence-corrected chi connectivity index (χ0v) is 10.2. The van der Waals surface area contributed by atoms with Crippen LogP contribution < -0.4 is 0 Å². The van der Waals surface area contributed by atoms with Gasteiger partial charge in [-0.15, -0.1) is 0 Å². The van der Waals surface area contributed by atoms with Gasteiger partial charge in [-0.05, 0) is 30.8 Å². The van der Waals surface area contributed by atoms with Crippen LogP contribution in [0, 0.1) is 5.41 Å². The maximum Gasteiger partial charge on any atom is 2.00 e. The van der Waals surface area contributed by atoms with Crippen molar-refractivity contribution in [3.05, 3.63) is 23.3 Å². The first-order chi connectivity index (χ1) is 5.06. The molecule has 0 radical (unpaired) electrons. The van der Waals surface area contributed by atoms with Crippen molar-refractivity contribution in [3.63, 3.8) is 0 Å². The topological polar surface area (TPSA) is 0 Å². The predicted octanol–water partition coefficient (Wildman–Crippen LogP) is 3.54. The van der Waals surface area contributed by atoms with Crippen LogP contribution >= 0.6 is 0 Å². The van der Waals surface area contributed by atoms with Crippen LogP contribution in [-0.2, 0) is 0 Å². The van der Waals surface area contributed by atoms with Crippen LogP contribution in [0.25, 0.3) is 0 Å². The molecule has 0 aromatic rings. The summed E-state index contributed by atoms with van der Waals surface area (Å²) in [6.07, 6.45) is 7.09. The van der Waals surface area contributed by atoms with Gasteiger partial charge in [0.2, 0.25) is 0 Å². The molecule has 0 N–H and O–H groups in total. The third-order valence-corrected chi connectivity index (χ3v) is 2.71. The molecule has 0 heterocycles. The molecule has 0 bridgehead atoms. The second-order valence-corrected chi connectivity index (χ2v) is 4.09. The van der Waals surface area contributed by atoms with E-state index in [1.807, 2.05) is 0 Å². The van der Waals surface area contributed by atoms with Gasteiger partial charge in [-0.1, -0.05) is 38.5 Å². The minimum absolute atomic E-state index is 0. The molecule has 0 atom stereocenters. The Morgan fingerprint density at radius 1 is 1.50 bits per heavy atom. The molecule has 0 saturated heterocycles. The van der Waals surface area contributed by atoms with Crippen molar-refractivity contribution in [1.82, 2.24) is 0 Å². The van der Waals surface area contributed by atoms with E-state index in [0.717, 1.165) is 0 Å². The molecule has 1 rings (SSSR count). The average molecular weight is 177 g/mol. The van der Waals surface area contributed by atoms with Crippen LogP contribution in [0.2, 0.25) is 0 Å². The zero-order valence-electron chi connectivity index (χ0n) is 10.8. The molecule has 1 aliphatic carbocycles. The Kier molecular flexibility index (Phi) is 4.57. The van der Waals surface area contributed by atoms with Crippen LogP contribution in [0.15, 0.2) is 23.3 Å². The SMILES string of the molecule is CCC(C)(C)C1=CCC(C)=C1.[H-].[H-].[Mg+2]. The standard InChI is InChI=1S/C11H18.Mg.2H/c1-5-11(3,4)10-7-6-9(2)8-10;;;/h7-8H,5-6H2,1-4H3;;;/q;+2;2*-1. The molecule has 0 unspecified atom stereocenters. The molecule has 0 spiro atoms. The number of rotatable bonds is 2. The molecule has 12 heavy (non-hydrogen) atoms. The molecular formula is C11H20Mg. The van der Waals surface area contributed by atoms with E-state index in [1.165, 1.54) is 24.0 Å². The second kappa shape index (κ2) is 4.47. The normalized spacial score (nSPS) is 16.7. The molecule has 0 amide bonds. The van der Waals surface area contributed by atoms with Crippen molar-refractivity contribution >= 4 is 23.1 Å². The smallest absolute Gasteiger partial charge is 1.00 e. The van der Waals surface area contributed by atoms with Crippen molar-refractivity contribution in [2.24, 2.45) is 5.41 Å². The average Bonchev–Trinajstić information content (AvgIpc) is 2.36. The summed E-state index contributed by atoms with van der Waals surface area (Å²) in [6, 6.07) is 0. The summed E-state index contributed by atoms with van der Waals surface area (Å²) in [4.78, 5) is 0. The van der Waals surface area contributed by atoms with Crippen LogP contribution in [0.4, 0.5) is 0 Å². The van der Waals surface area contributed by atoms with Crippen molar-refractivity contribution in [2.45, 2.75) is 40.5 Å². The van der Waals surface area contributed by atoms with Crippen LogP contribution in [0.5, 0.6) is 0 Å². The first-order valence-electron chi connectivity index (χ1n) is 4.44. The monoisotopic (exact) mass is 176 g/mol. The van der Waals surface area contributed by atoms with E-state index in [-0.39, 0.29) is 25.9 Å². The number of hydrogen-bond donors (Lipinski definition) is 0. The summed E-state index contributed by atoms with van der Waals surface area (Å²) >= 11 is 0. The van der Waals surface area contributed by atoms with Crippen molar-refractivity contribution < 1.29 is 2.85 Å². The van der Waals surface area contributed by atoms with Crippen molar-refractivity contribution in [3.8, 4) is 0 Å². The van der Waals surface area contributed by atoms with Crippen LogP contribution in [0.3, 0.4) is 0 Å². The molecule has 1 aliphatic rings.